The van der Waals surface area contributed by atoms with Crippen LogP contribution < -0.4 is 0 Å². The smallest absolute Gasteiger partial charge is 0.408 e. The summed E-state index contributed by atoms with van der Waals surface area (Å²) in [5.74, 6) is 0.0450. The van der Waals surface area contributed by atoms with E-state index in [2.05, 4.69) is 0 Å². The Bertz CT molecular complexity index is 795. The number of amides is 1. The fraction of sp³-hybridized carbons (Fsp3) is 0.391. The molecule has 1 N–H and O–H groups in total. The van der Waals surface area contributed by atoms with E-state index in [1.165, 1.54) is 4.90 Å². The second-order valence-corrected chi connectivity index (χ2v) is 8.20. The first-order valence-electron chi connectivity index (χ1n) is 9.47. The molecule has 0 fully saturated rings. The Hall–Kier alpha value is -2.66. The summed E-state index contributed by atoms with van der Waals surface area (Å²) >= 11 is 0. The number of nitrogens with zero attached hydrogens (tertiary/aromatic N) is 2. The van der Waals surface area contributed by atoms with Gasteiger partial charge in [-0.1, -0.05) is 54.6 Å². The summed E-state index contributed by atoms with van der Waals surface area (Å²) in [6, 6.07) is 17.0. The molecule has 0 saturated carbocycles. The maximum absolute atomic E-state index is 12.6. The minimum Gasteiger partial charge on any atom is -0.465 e. The van der Waals surface area contributed by atoms with Gasteiger partial charge in [0, 0.05) is 17.6 Å². The van der Waals surface area contributed by atoms with Crippen LogP contribution in [0.25, 0.3) is 0 Å². The molecule has 0 unspecified atom stereocenters. The summed E-state index contributed by atoms with van der Waals surface area (Å²) in [6.45, 7) is 8.52. The van der Waals surface area contributed by atoms with E-state index in [9.17, 15) is 14.7 Å². The number of carboxylic acid groups (broad SMARTS) is 1. The van der Waals surface area contributed by atoms with Gasteiger partial charge in [0.25, 0.3) is 0 Å². The van der Waals surface area contributed by atoms with E-state index in [1.54, 1.807) is 12.1 Å². The van der Waals surface area contributed by atoms with Crippen LogP contribution in [0, 0.1) is 0 Å². The van der Waals surface area contributed by atoms with E-state index in [0.29, 0.717) is 18.7 Å². The third kappa shape index (κ3) is 5.67. The van der Waals surface area contributed by atoms with E-state index in [1.807, 2.05) is 82.1 Å². The average molecular weight is 383 g/mol. The molecule has 5 nitrogen and oxygen atoms in total. The summed E-state index contributed by atoms with van der Waals surface area (Å²) in [4.78, 5) is 27.7. The Kier molecular flexibility index (Phi) is 6.97. The van der Waals surface area contributed by atoms with Crippen molar-refractivity contribution >= 4 is 11.9 Å². The molecule has 5 heteroatoms. The van der Waals surface area contributed by atoms with Gasteiger partial charge in [0.2, 0.25) is 0 Å². The molecule has 0 aliphatic rings. The summed E-state index contributed by atoms with van der Waals surface area (Å²) < 4.78 is 0. The van der Waals surface area contributed by atoms with Crippen LogP contribution in [0.5, 0.6) is 0 Å². The molecule has 1 amide bonds. The van der Waals surface area contributed by atoms with Crippen LogP contribution in [0.3, 0.4) is 0 Å². The Morgan fingerprint density at radius 3 is 2.07 bits per heavy atom. The van der Waals surface area contributed by atoms with Gasteiger partial charge in [0.15, 0.2) is 5.78 Å². The molecule has 0 heterocycles. The Morgan fingerprint density at radius 2 is 1.57 bits per heavy atom. The van der Waals surface area contributed by atoms with Crippen LogP contribution in [-0.2, 0) is 6.54 Å². The third-order valence-electron chi connectivity index (χ3n) is 4.74. The van der Waals surface area contributed by atoms with E-state index in [-0.39, 0.29) is 11.8 Å². The largest absolute Gasteiger partial charge is 0.465 e. The maximum atomic E-state index is 12.6. The van der Waals surface area contributed by atoms with E-state index >= 15 is 0 Å². The van der Waals surface area contributed by atoms with Gasteiger partial charge in [-0.3, -0.25) is 14.6 Å². The number of likely N-dealkylation sites (N-methyl/N-ethyl adjacent to an activating group) is 1. The molecular formula is C23H30N2O3. The van der Waals surface area contributed by atoms with Crippen molar-refractivity contribution in [2.24, 2.45) is 0 Å². The highest BCUT2D eigenvalue weighted by molar-refractivity contribution is 5.97. The normalized spacial score (nSPS) is 12.6. The molecule has 0 aromatic heterocycles. The second kappa shape index (κ2) is 9.02. The zero-order valence-electron chi connectivity index (χ0n) is 17.3. The summed E-state index contributed by atoms with van der Waals surface area (Å²) in [5, 5.41) is 9.57. The van der Waals surface area contributed by atoms with E-state index < -0.39 is 11.6 Å². The number of Topliss-reactive ketones (excluding diaryl/α,β-unsaturated/α-hetero) is 1. The zero-order chi connectivity index (χ0) is 20.9. The summed E-state index contributed by atoms with van der Waals surface area (Å²) in [7, 11) is 1.93. The molecule has 2 aromatic carbocycles. The zero-order valence-corrected chi connectivity index (χ0v) is 17.3. The SMILES string of the molecule is C[C@@H](c1ccc(C(=O)CN(C)Cc2ccccc2)cc1)N(C(=O)O)C(C)(C)C. The average Bonchev–Trinajstić information content (AvgIpc) is 2.61. The van der Waals surface area contributed by atoms with Crippen molar-refractivity contribution in [3.8, 4) is 0 Å². The van der Waals surface area contributed by atoms with E-state index in [0.717, 1.165) is 11.1 Å². The summed E-state index contributed by atoms with van der Waals surface area (Å²) in [5.41, 5.74) is 2.15. The van der Waals surface area contributed by atoms with Crippen molar-refractivity contribution in [3.05, 3.63) is 71.3 Å². The van der Waals surface area contributed by atoms with Crippen LogP contribution in [0.4, 0.5) is 4.79 Å². The molecule has 28 heavy (non-hydrogen) atoms. The predicted molar refractivity (Wildman–Crippen MR) is 112 cm³/mol. The highest BCUT2D eigenvalue weighted by atomic mass is 16.4. The lowest BCUT2D eigenvalue weighted by Gasteiger charge is -2.38. The second-order valence-electron chi connectivity index (χ2n) is 8.20. The lowest BCUT2D eigenvalue weighted by molar-refractivity contribution is 0.0752. The molecular weight excluding hydrogens is 352 g/mol. The van der Waals surface area contributed by atoms with Crippen LogP contribution in [0.1, 0.15) is 55.2 Å². The Balaban J connectivity index is 2.04. The van der Waals surface area contributed by atoms with Crippen molar-refractivity contribution in [1.82, 2.24) is 9.80 Å². The van der Waals surface area contributed by atoms with Crippen LogP contribution in [0.15, 0.2) is 54.6 Å². The van der Waals surface area contributed by atoms with Crippen molar-refractivity contribution in [2.45, 2.75) is 45.8 Å². The van der Waals surface area contributed by atoms with Gasteiger partial charge in [0.1, 0.15) is 0 Å². The lowest BCUT2D eigenvalue weighted by Crippen LogP contribution is -2.46. The van der Waals surface area contributed by atoms with Crippen molar-refractivity contribution in [3.63, 3.8) is 0 Å². The number of carbonyl (C=O) groups is 2. The minimum atomic E-state index is -0.956. The first-order valence-corrected chi connectivity index (χ1v) is 9.47. The van der Waals surface area contributed by atoms with E-state index in [4.69, 9.17) is 0 Å². The topological polar surface area (TPSA) is 60.9 Å². The fourth-order valence-electron chi connectivity index (χ4n) is 3.42. The van der Waals surface area contributed by atoms with Gasteiger partial charge in [-0.15, -0.1) is 0 Å². The van der Waals surface area contributed by atoms with Crippen LogP contribution in [-0.4, -0.2) is 45.9 Å². The highest BCUT2D eigenvalue weighted by Gasteiger charge is 2.31. The molecule has 0 saturated heterocycles. The van der Waals surface area contributed by atoms with Gasteiger partial charge >= 0.3 is 6.09 Å². The van der Waals surface area contributed by atoms with Crippen LogP contribution in [0.2, 0.25) is 0 Å². The standard InChI is InChI=1S/C23H30N2O3/c1-17(25(22(27)28)23(2,3)4)19-11-13-20(14-12-19)21(26)16-24(5)15-18-9-7-6-8-10-18/h6-14,17H,15-16H2,1-5H3,(H,27,28)/t17-/m0/s1. The minimum absolute atomic E-state index is 0.0450. The molecule has 0 spiro atoms. The fourth-order valence-corrected chi connectivity index (χ4v) is 3.42. The Morgan fingerprint density at radius 1 is 1.00 bits per heavy atom. The molecule has 0 aliphatic carbocycles. The molecule has 0 bridgehead atoms. The third-order valence-corrected chi connectivity index (χ3v) is 4.74. The van der Waals surface area contributed by atoms with Gasteiger partial charge in [-0.2, -0.15) is 0 Å². The first kappa shape index (κ1) is 21.6. The first-order chi connectivity index (χ1) is 13.1. The molecule has 1 atom stereocenters. The van der Waals surface area contributed by atoms with Crippen molar-refractivity contribution in [1.29, 1.82) is 0 Å². The molecule has 150 valence electrons. The number of hydrogen-bond acceptors (Lipinski definition) is 3. The number of rotatable bonds is 7. The van der Waals surface area contributed by atoms with Gasteiger partial charge < -0.3 is 5.11 Å². The molecule has 0 radical (unpaired) electrons. The number of benzene rings is 2. The monoisotopic (exact) mass is 382 g/mol. The predicted octanol–water partition coefficient (Wildman–Crippen LogP) is 4.84. The number of ketones is 1. The number of carbonyl (C=O) groups excluding carboxylic acids is 1. The summed E-state index contributed by atoms with van der Waals surface area (Å²) in [6.07, 6.45) is -0.956. The number of hydrogen-bond donors (Lipinski definition) is 1. The van der Waals surface area contributed by atoms with Crippen molar-refractivity contribution in [2.75, 3.05) is 13.6 Å². The quantitative estimate of drug-likeness (QED) is 0.696. The van der Waals surface area contributed by atoms with Crippen LogP contribution >= 0.6 is 0 Å². The van der Waals surface area contributed by atoms with Gasteiger partial charge in [-0.25, -0.2) is 4.79 Å². The van der Waals surface area contributed by atoms with Gasteiger partial charge in [0.05, 0.1) is 12.6 Å². The Labute approximate surface area is 167 Å². The maximum Gasteiger partial charge on any atom is 0.408 e. The van der Waals surface area contributed by atoms with Crippen molar-refractivity contribution < 1.29 is 14.7 Å². The molecule has 0 aliphatic heterocycles. The molecule has 2 rings (SSSR count). The van der Waals surface area contributed by atoms with Gasteiger partial charge in [-0.05, 0) is 45.9 Å². The molecule has 2 aromatic rings. The lowest BCUT2D eigenvalue weighted by atomic mass is 9.98. The highest BCUT2D eigenvalue weighted by Crippen LogP contribution is 2.28.